The van der Waals surface area contributed by atoms with Gasteiger partial charge in [0.25, 0.3) is 0 Å². The molecule has 1 amide bonds. The van der Waals surface area contributed by atoms with E-state index in [0.717, 1.165) is 62.8 Å². The van der Waals surface area contributed by atoms with Crippen molar-refractivity contribution in [3.8, 4) is 0 Å². The van der Waals surface area contributed by atoms with E-state index in [-0.39, 0.29) is 23.3 Å². The molecule has 0 bridgehead atoms. The minimum absolute atomic E-state index is 0.0389. The van der Waals surface area contributed by atoms with Gasteiger partial charge in [0.15, 0.2) is 0 Å². The van der Waals surface area contributed by atoms with Gasteiger partial charge < -0.3 is 10.5 Å². The summed E-state index contributed by atoms with van der Waals surface area (Å²) in [5, 5.41) is 16.1. The van der Waals surface area contributed by atoms with Crippen LogP contribution < -0.4 is 5.32 Å². The Morgan fingerprint density at radius 3 is 2.65 bits per heavy atom. The van der Waals surface area contributed by atoms with E-state index in [0.29, 0.717) is 41.6 Å². The number of thioether (sulfide) groups is 1. The smallest absolute Gasteiger partial charge is 0.411 e. The highest BCUT2D eigenvalue weighted by Gasteiger charge is 2.61. The molecule has 4 fully saturated rings. The molecule has 0 saturated heterocycles. The van der Waals surface area contributed by atoms with Crippen molar-refractivity contribution in [3.63, 3.8) is 0 Å². The lowest BCUT2D eigenvalue weighted by molar-refractivity contribution is -0.173. The van der Waals surface area contributed by atoms with Crippen LogP contribution in [0.3, 0.4) is 0 Å². The molecule has 0 heterocycles. The Kier molecular flexibility index (Phi) is 7.34. The number of rotatable bonds is 6. The van der Waals surface area contributed by atoms with Crippen LogP contribution in [0.25, 0.3) is 0 Å². The molecule has 7 atom stereocenters. The van der Waals surface area contributed by atoms with Crippen molar-refractivity contribution in [1.29, 1.82) is 0 Å². The van der Waals surface area contributed by atoms with Gasteiger partial charge in [0, 0.05) is 29.5 Å². The zero-order chi connectivity index (χ0) is 24.7. The van der Waals surface area contributed by atoms with Gasteiger partial charge in [-0.3, -0.25) is 9.59 Å². The fourth-order valence-electron chi connectivity index (χ4n) is 7.84. The highest BCUT2D eigenvalue weighted by Crippen LogP contribution is 2.65. The summed E-state index contributed by atoms with van der Waals surface area (Å²) in [6, 6.07) is 0. The molecule has 0 aromatic heterocycles. The third-order valence-electron chi connectivity index (χ3n) is 9.74. The van der Waals surface area contributed by atoms with Crippen molar-refractivity contribution in [2.24, 2.45) is 39.7 Å². The number of nitrogens with zero attached hydrogens (tertiary/aromatic N) is 1. The van der Waals surface area contributed by atoms with E-state index in [1.54, 1.807) is 0 Å². The number of unbranched alkanes of at least 4 members (excludes halogenated alkanes) is 1. The summed E-state index contributed by atoms with van der Waals surface area (Å²) in [5.41, 5.74) is 0.806. The average Bonchev–Trinajstić information content (AvgIpc) is 3.09. The van der Waals surface area contributed by atoms with E-state index in [1.165, 1.54) is 0 Å². The molecule has 4 rings (SSSR count). The van der Waals surface area contributed by atoms with Gasteiger partial charge in [-0.1, -0.05) is 19.0 Å². The maximum absolute atomic E-state index is 12.7. The van der Waals surface area contributed by atoms with Crippen LogP contribution in [0.2, 0.25) is 0 Å². The van der Waals surface area contributed by atoms with Crippen LogP contribution >= 0.6 is 11.8 Å². The molecule has 0 radical (unpaired) electrons. The van der Waals surface area contributed by atoms with Crippen molar-refractivity contribution in [2.45, 2.75) is 89.5 Å². The minimum Gasteiger partial charge on any atom is -0.411 e. The summed E-state index contributed by atoms with van der Waals surface area (Å²) >= 11 is 1.86. The monoisotopic (exact) mass is 502 g/mol. The summed E-state index contributed by atoms with van der Waals surface area (Å²) in [6.45, 7) is 4.58. The van der Waals surface area contributed by atoms with Gasteiger partial charge in [0.05, 0.1) is 5.71 Å². The molecular formula is C25H37F3N2O3S. The van der Waals surface area contributed by atoms with Crippen molar-refractivity contribution in [2.75, 3.05) is 12.3 Å². The first-order valence-electron chi connectivity index (χ1n) is 12.7. The largest absolute Gasteiger partial charge is 0.471 e. The number of halogens is 3. The average molecular weight is 503 g/mol. The van der Waals surface area contributed by atoms with Crippen LogP contribution in [0.4, 0.5) is 13.2 Å². The highest BCUT2D eigenvalue weighted by atomic mass is 32.2. The molecule has 0 spiro atoms. The highest BCUT2D eigenvalue weighted by molar-refractivity contribution is 7.99. The molecule has 5 nitrogen and oxygen atoms in total. The van der Waals surface area contributed by atoms with Gasteiger partial charge in [0.2, 0.25) is 0 Å². The number of amides is 1. The second-order valence-corrected chi connectivity index (χ2v) is 12.8. The van der Waals surface area contributed by atoms with Gasteiger partial charge in [-0.2, -0.15) is 24.9 Å². The van der Waals surface area contributed by atoms with E-state index in [2.05, 4.69) is 19.0 Å². The number of hydrogen-bond acceptors (Lipinski definition) is 5. The van der Waals surface area contributed by atoms with Gasteiger partial charge in [-0.25, -0.2) is 0 Å². The number of oxime groups is 1. The molecule has 9 heteroatoms. The molecule has 4 saturated carbocycles. The Labute approximate surface area is 204 Å². The summed E-state index contributed by atoms with van der Waals surface area (Å²) in [6.07, 6.45) is 4.10. The van der Waals surface area contributed by atoms with Crippen LogP contribution in [-0.4, -0.2) is 46.3 Å². The minimum atomic E-state index is -4.82. The standard InChI is InChI=1S/C25H37F3N2O3S/c1-23-9-7-15(34-12-4-3-11-29-22(32)25(26,27)28)13-19(23)20(30-33)14-16-17-5-6-21(31)24(17,2)10-8-18(16)23/h15-19,33H,3-14H2,1-2H3,(H,29,32)/b30-20+/t15?,16-,17-,18-,19+,23+,24-/m0/s1. The second kappa shape index (κ2) is 9.66. The van der Waals surface area contributed by atoms with Crippen molar-refractivity contribution >= 4 is 29.2 Å². The Bertz CT molecular complexity index is 835. The predicted molar refractivity (Wildman–Crippen MR) is 126 cm³/mol. The summed E-state index contributed by atoms with van der Waals surface area (Å²) in [7, 11) is 0. The second-order valence-electron chi connectivity index (χ2n) is 11.4. The van der Waals surface area contributed by atoms with Gasteiger partial charge >= 0.3 is 12.1 Å². The molecule has 0 aromatic carbocycles. The molecule has 0 aromatic rings. The van der Waals surface area contributed by atoms with Crippen LogP contribution in [0.1, 0.15) is 78.1 Å². The van der Waals surface area contributed by atoms with E-state index >= 15 is 0 Å². The first-order chi connectivity index (χ1) is 16.0. The number of carbonyl (C=O) groups is 2. The Morgan fingerprint density at radius 2 is 1.94 bits per heavy atom. The number of fused-ring (bicyclic) bond motifs is 5. The maximum atomic E-state index is 12.7. The first-order valence-corrected chi connectivity index (χ1v) is 13.8. The van der Waals surface area contributed by atoms with Crippen LogP contribution in [0, 0.1) is 34.5 Å². The van der Waals surface area contributed by atoms with Crippen molar-refractivity contribution < 1.29 is 28.0 Å². The normalized spacial score (nSPS) is 41.0. The number of nitrogens with one attached hydrogen (secondary N) is 1. The summed E-state index contributed by atoms with van der Waals surface area (Å²) < 4.78 is 36.7. The van der Waals surface area contributed by atoms with Crippen LogP contribution in [0.15, 0.2) is 5.16 Å². The van der Waals surface area contributed by atoms with E-state index in [4.69, 9.17) is 0 Å². The third kappa shape index (κ3) is 4.62. The van der Waals surface area contributed by atoms with E-state index in [9.17, 15) is 28.0 Å². The van der Waals surface area contributed by atoms with E-state index < -0.39 is 12.1 Å². The molecular weight excluding hydrogens is 465 g/mol. The molecule has 4 aliphatic rings. The van der Waals surface area contributed by atoms with Gasteiger partial charge in [-0.15, -0.1) is 0 Å². The SMILES string of the molecule is C[C@]12CCC(SCCCCNC(=O)C(F)(F)F)C[C@@H]1/C(=N/O)C[C@@H]1[C@@H]2CC[C@]2(C)C(=O)CC[C@@H]12. The number of carbonyl (C=O) groups excluding carboxylic acids is 2. The van der Waals surface area contributed by atoms with Gasteiger partial charge in [-0.05, 0) is 86.7 Å². The van der Waals surface area contributed by atoms with Crippen molar-refractivity contribution in [3.05, 3.63) is 0 Å². The van der Waals surface area contributed by atoms with Crippen LogP contribution in [0.5, 0.6) is 0 Å². The summed E-state index contributed by atoms with van der Waals surface area (Å²) in [5.74, 6) is 1.03. The zero-order valence-corrected chi connectivity index (χ0v) is 20.9. The lowest BCUT2D eigenvalue weighted by Crippen LogP contribution is -2.56. The first kappa shape index (κ1) is 25.8. The number of alkyl halides is 3. The molecule has 192 valence electrons. The van der Waals surface area contributed by atoms with Gasteiger partial charge in [0.1, 0.15) is 5.78 Å². The molecule has 0 aliphatic heterocycles. The number of Topliss-reactive ketones (excluding diaryl/α,β-unsaturated/α-hetero) is 1. The molecule has 34 heavy (non-hydrogen) atoms. The lowest BCUT2D eigenvalue weighted by atomic mass is 9.45. The Morgan fingerprint density at radius 1 is 1.18 bits per heavy atom. The summed E-state index contributed by atoms with van der Waals surface area (Å²) in [4.78, 5) is 23.5. The van der Waals surface area contributed by atoms with Crippen LogP contribution in [-0.2, 0) is 9.59 Å². The number of ketones is 1. The third-order valence-corrected chi connectivity index (χ3v) is 11.2. The Balaban J connectivity index is 1.31. The zero-order valence-electron chi connectivity index (χ0n) is 20.1. The molecule has 1 unspecified atom stereocenters. The lowest BCUT2D eigenvalue weighted by Gasteiger charge is -2.60. The maximum Gasteiger partial charge on any atom is 0.471 e. The number of hydrogen-bond donors (Lipinski definition) is 2. The Hall–Kier alpha value is -1.25. The molecule has 2 N–H and O–H groups in total. The van der Waals surface area contributed by atoms with E-state index in [1.807, 2.05) is 17.1 Å². The fourth-order valence-corrected chi connectivity index (χ4v) is 9.16. The predicted octanol–water partition coefficient (Wildman–Crippen LogP) is 5.60. The quantitative estimate of drug-likeness (QED) is 0.282. The van der Waals surface area contributed by atoms with Crippen molar-refractivity contribution in [1.82, 2.24) is 5.32 Å². The fraction of sp³-hybridized carbons (Fsp3) is 0.880. The molecule has 4 aliphatic carbocycles. The topological polar surface area (TPSA) is 78.8 Å².